The first-order valence-corrected chi connectivity index (χ1v) is 8.28. The maximum Gasteiger partial charge on any atom is 0.338 e. The molecule has 7 heteroatoms. The number of methoxy groups -OCH3 is 2. The zero-order valence-electron chi connectivity index (χ0n) is 15.1. The van der Waals surface area contributed by atoms with Crippen molar-refractivity contribution in [3.05, 3.63) is 23.8 Å². The van der Waals surface area contributed by atoms with E-state index in [1.165, 1.54) is 14.2 Å². The highest BCUT2D eigenvalue weighted by Crippen LogP contribution is 2.29. The Bertz CT molecular complexity index is 618. The molecule has 1 aromatic rings. The Morgan fingerprint density at radius 3 is 2.56 bits per heavy atom. The molecule has 0 saturated carbocycles. The fourth-order valence-corrected chi connectivity index (χ4v) is 2.88. The second-order valence-corrected chi connectivity index (χ2v) is 5.92. The Morgan fingerprint density at radius 1 is 1.20 bits per heavy atom. The molecule has 0 bridgehead atoms. The zero-order valence-corrected chi connectivity index (χ0v) is 15.1. The van der Waals surface area contributed by atoms with E-state index < -0.39 is 18.0 Å². The molecule has 7 nitrogen and oxygen atoms in total. The molecule has 1 aromatic carbocycles. The molecular weight excluding hydrogens is 326 g/mol. The van der Waals surface area contributed by atoms with Crippen LogP contribution >= 0.6 is 0 Å². The van der Waals surface area contributed by atoms with Gasteiger partial charge in [-0.05, 0) is 38.6 Å². The van der Waals surface area contributed by atoms with E-state index in [9.17, 15) is 9.59 Å². The number of carbonyl (C=O) groups is 2. The van der Waals surface area contributed by atoms with Gasteiger partial charge in [0.1, 0.15) is 12.0 Å². The summed E-state index contributed by atoms with van der Waals surface area (Å²) in [5.41, 5.74) is 0.346. The van der Waals surface area contributed by atoms with Crippen LogP contribution in [0.25, 0.3) is 0 Å². The monoisotopic (exact) mass is 351 g/mol. The van der Waals surface area contributed by atoms with Crippen LogP contribution in [0.4, 0.5) is 0 Å². The topological polar surface area (TPSA) is 74.3 Å². The molecule has 2 atom stereocenters. The van der Waals surface area contributed by atoms with Crippen LogP contribution in [0.5, 0.6) is 11.5 Å². The van der Waals surface area contributed by atoms with Crippen LogP contribution in [-0.2, 0) is 14.3 Å². The van der Waals surface area contributed by atoms with Crippen molar-refractivity contribution in [2.45, 2.75) is 19.4 Å². The van der Waals surface area contributed by atoms with Gasteiger partial charge in [-0.15, -0.1) is 0 Å². The lowest BCUT2D eigenvalue weighted by atomic mass is 9.95. The molecule has 1 heterocycles. The van der Waals surface area contributed by atoms with Gasteiger partial charge in [0.05, 0.1) is 26.4 Å². The summed E-state index contributed by atoms with van der Waals surface area (Å²) in [6.45, 7) is 3.31. The number of benzene rings is 1. The van der Waals surface area contributed by atoms with Crippen molar-refractivity contribution in [3.8, 4) is 11.5 Å². The van der Waals surface area contributed by atoms with Crippen LogP contribution in [0.15, 0.2) is 18.2 Å². The molecule has 0 amide bonds. The third-order valence-electron chi connectivity index (χ3n) is 4.22. The molecule has 2 rings (SSSR count). The largest absolute Gasteiger partial charge is 0.493 e. The van der Waals surface area contributed by atoms with Crippen molar-refractivity contribution in [3.63, 3.8) is 0 Å². The lowest BCUT2D eigenvalue weighted by molar-refractivity contribution is -0.155. The van der Waals surface area contributed by atoms with Gasteiger partial charge in [-0.2, -0.15) is 0 Å². The van der Waals surface area contributed by atoms with Gasteiger partial charge in [0, 0.05) is 13.1 Å². The van der Waals surface area contributed by atoms with Crippen molar-refractivity contribution >= 4 is 11.9 Å². The number of likely N-dealkylation sites (tertiary alicyclic amines) is 1. The van der Waals surface area contributed by atoms with E-state index in [0.717, 1.165) is 6.54 Å². The van der Waals surface area contributed by atoms with Crippen LogP contribution in [0.2, 0.25) is 0 Å². The highest BCUT2D eigenvalue weighted by atomic mass is 16.6. The minimum Gasteiger partial charge on any atom is -0.493 e. The Hall–Kier alpha value is -2.28. The van der Waals surface area contributed by atoms with Crippen LogP contribution < -0.4 is 9.47 Å². The third-order valence-corrected chi connectivity index (χ3v) is 4.22. The average Bonchev–Trinajstić information content (AvgIpc) is 2.62. The van der Waals surface area contributed by atoms with E-state index in [4.69, 9.17) is 18.9 Å². The van der Waals surface area contributed by atoms with Gasteiger partial charge < -0.3 is 23.8 Å². The fraction of sp³-hybridized carbons (Fsp3) is 0.556. The number of carbonyl (C=O) groups excluding carboxylic acids is 2. The molecule has 0 radical (unpaired) electrons. The molecule has 1 fully saturated rings. The normalized spacial score (nSPS) is 20.6. The van der Waals surface area contributed by atoms with Gasteiger partial charge >= 0.3 is 11.9 Å². The Labute approximate surface area is 147 Å². The summed E-state index contributed by atoms with van der Waals surface area (Å²) in [6.07, 6.45) is 0.0785. The fourth-order valence-electron chi connectivity index (χ4n) is 2.88. The highest BCUT2D eigenvalue weighted by molar-refractivity contribution is 5.90. The number of rotatable bonds is 6. The van der Waals surface area contributed by atoms with Gasteiger partial charge in [-0.1, -0.05) is 0 Å². The van der Waals surface area contributed by atoms with Crippen molar-refractivity contribution < 1.29 is 28.5 Å². The summed E-state index contributed by atoms with van der Waals surface area (Å²) in [7, 11) is 4.96. The van der Waals surface area contributed by atoms with E-state index in [2.05, 4.69) is 0 Å². The number of ether oxygens (including phenoxy) is 4. The standard InChI is InChI=1S/C18H25NO6/c1-5-24-18(21)13-11-19(2)9-8-14(13)25-17(20)12-6-7-15(22-3)16(10-12)23-4/h6-7,10,13-14H,5,8-9,11H2,1-4H3/t13-,14-/m0/s1. The maximum absolute atomic E-state index is 12.5. The van der Waals surface area contributed by atoms with Crippen LogP contribution in [0.1, 0.15) is 23.7 Å². The molecule has 0 aromatic heterocycles. The quantitative estimate of drug-likeness (QED) is 0.723. The lowest BCUT2D eigenvalue weighted by Crippen LogP contribution is -2.47. The summed E-state index contributed by atoms with van der Waals surface area (Å²) in [5, 5.41) is 0. The van der Waals surface area contributed by atoms with Crippen molar-refractivity contribution in [1.29, 1.82) is 0 Å². The van der Waals surface area contributed by atoms with E-state index in [-0.39, 0.29) is 5.97 Å². The number of piperidine rings is 1. The SMILES string of the molecule is CCOC(=O)[C@H]1CN(C)CC[C@@H]1OC(=O)c1ccc(OC)c(OC)c1. The van der Waals surface area contributed by atoms with Crippen molar-refractivity contribution in [2.24, 2.45) is 5.92 Å². The molecule has 0 unspecified atom stereocenters. The molecule has 25 heavy (non-hydrogen) atoms. The Kier molecular flexibility index (Phi) is 6.64. The molecule has 1 aliphatic heterocycles. The summed E-state index contributed by atoms with van der Waals surface area (Å²) in [4.78, 5) is 26.7. The molecule has 0 N–H and O–H groups in total. The van der Waals surface area contributed by atoms with E-state index in [0.29, 0.717) is 36.6 Å². The van der Waals surface area contributed by atoms with Gasteiger partial charge in [-0.25, -0.2) is 4.79 Å². The smallest absolute Gasteiger partial charge is 0.338 e. The first-order chi connectivity index (χ1) is 12.0. The van der Waals surface area contributed by atoms with E-state index in [1.54, 1.807) is 25.1 Å². The first kappa shape index (κ1) is 19.1. The zero-order chi connectivity index (χ0) is 18.4. The number of hydrogen-bond donors (Lipinski definition) is 0. The number of esters is 2. The van der Waals surface area contributed by atoms with E-state index in [1.807, 2.05) is 11.9 Å². The predicted molar refractivity (Wildman–Crippen MR) is 91.0 cm³/mol. The highest BCUT2D eigenvalue weighted by Gasteiger charge is 2.37. The number of hydrogen-bond acceptors (Lipinski definition) is 7. The van der Waals surface area contributed by atoms with Crippen LogP contribution in [0, 0.1) is 5.92 Å². The summed E-state index contributed by atoms with van der Waals surface area (Å²) < 4.78 is 21.1. The second kappa shape index (κ2) is 8.71. The maximum atomic E-state index is 12.5. The van der Waals surface area contributed by atoms with E-state index >= 15 is 0 Å². The Balaban J connectivity index is 2.13. The van der Waals surface area contributed by atoms with Crippen LogP contribution in [0.3, 0.4) is 0 Å². The first-order valence-electron chi connectivity index (χ1n) is 8.28. The van der Waals surface area contributed by atoms with Gasteiger partial charge in [-0.3, -0.25) is 4.79 Å². The Morgan fingerprint density at radius 2 is 1.92 bits per heavy atom. The van der Waals surface area contributed by atoms with Crippen LogP contribution in [-0.4, -0.2) is 63.9 Å². The molecule has 138 valence electrons. The summed E-state index contributed by atoms with van der Waals surface area (Å²) in [5.74, 6) is -0.336. The van der Waals surface area contributed by atoms with Crippen molar-refractivity contribution in [2.75, 3.05) is 41.0 Å². The molecule has 1 aliphatic rings. The lowest BCUT2D eigenvalue weighted by Gasteiger charge is -2.34. The molecule has 1 saturated heterocycles. The van der Waals surface area contributed by atoms with Gasteiger partial charge in [0.15, 0.2) is 11.5 Å². The van der Waals surface area contributed by atoms with Gasteiger partial charge in [0.25, 0.3) is 0 Å². The molecular formula is C18H25NO6. The molecule has 0 aliphatic carbocycles. The van der Waals surface area contributed by atoms with Crippen molar-refractivity contribution in [1.82, 2.24) is 4.90 Å². The minimum absolute atomic E-state index is 0.301. The summed E-state index contributed by atoms with van der Waals surface area (Å²) >= 11 is 0. The average molecular weight is 351 g/mol. The molecule has 0 spiro atoms. The predicted octanol–water partition coefficient (Wildman–Crippen LogP) is 1.74. The second-order valence-electron chi connectivity index (χ2n) is 5.92. The van der Waals surface area contributed by atoms with Gasteiger partial charge in [0.2, 0.25) is 0 Å². The summed E-state index contributed by atoms with van der Waals surface area (Å²) in [6, 6.07) is 4.82. The third kappa shape index (κ3) is 4.63. The minimum atomic E-state index is -0.504. The number of nitrogens with zero attached hydrogens (tertiary/aromatic N) is 1.